The Morgan fingerprint density at radius 2 is 1.89 bits per heavy atom. The summed E-state index contributed by atoms with van der Waals surface area (Å²) < 4.78 is 10.4. The van der Waals surface area contributed by atoms with Crippen LogP contribution in [0.5, 0.6) is 5.75 Å². The van der Waals surface area contributed by atoms with Crippen molar-refractivity contribution in [3.05, 3.63) is 41.1 Å². The Hall–Kier alpha value is -2.76. The molecule has 0 bridgehead atoms. The molecule has 1 heterocycles. The molecule has 2 atom stereocenters. The van der Waals surface area contributed by atoms with Gasteiger partial charge >= 0.3 is 11.9 Å². The monoisotopic (exact) mass is 369 g/mol. The van der Waals surface area contributed by atoms with Crippen LogP contribution in [0.25, 0.3) is 0 Å². The SMILES string of the molecule is CCOC(=O)C1C(C)=NC2=C(C(=O)CCC2)[C@@H]1c1ccc(OC(C)=O)cc1. The quantitative estimate of drug-likeness (QED) is 0.600. The number of hydrogen-bond donors (Lipinski definition) is 0. The van der Waals surface area contributed by atoms with Gasteiger partial charge in [0.05, 0.1) is 6.61 Å². The Morgan fingerprint density at radius 1 is 1.19 bits per heavy atom. The van der Waals surface area contributed by atoms with E-state index < -0.39 is 17.8 Å². The van der Waals surface area contributed by atoms with Crippen LogP contribution in [0.3, 0.4) is 0 Å². The topological polar surface area (TPSA) is 82.0 Å². The highest BCUT2D eigenvalue weighted by Gasteiger charge is 2.43. The molecule has 0 saturated heterocycles. The van der Waals surface area contributed by atoms with E-state index in [1.165, 1.54) is 6.92 Å². The van der Waals surface area contributed by atoms with Crippen molar-refractivity contribution in [3.63, 3.8) is 0 Å². The molecular formula is C21H23NO5. The number of Topliss-reactive ketones (excluding diaryl/α,β-unsaturated/α-hetero) is 1. The first-order valence-electron chi connectivity index (χ1n) is 9.18. The summed E-state index contributed by atoms with van der Waals surface area (Å²) in [5.41, 5.74) is 2.86. The van der Waals surface area contributed by atoms with E-state index >= 15 is 0 Å². The lowest BCUT2D eigenvalue weighted by Crippen LogP contribution is -2.37. The standard InChI is InChI=1S/C21H23NO5/c1-4-26-21(25)18-12(2)22-16-6-5-7-17(24)20(16)19(18)14-8-10-15(11-9-14)27-13(3)23/h8-11,18-19H,4-7H2,1-3H3/t18?,19-/m1/s1. The molecule has 142 valence electrons. The van der Waals surface area contributed by atoms with Crippen molar-refractivity contribution >= 4 is 23.4 Å². The minimum atomic E-state index is -0.634. The lowest BCUT2D eigenvalue weighted by atomic mass is 9.72. The van der Waals surface area contributed by atoms with Gasteiger partial charge in [0.1, 0.15) is 11.7 Å². The van der Waals surface area contributed by atoms with Crippen LogP contribution in [0, 0.1) is 5.92 Å². The van der Waals surface area contributed by atoms with E-state index in [0.717, 1.165) is 24.1 Å². The van der Waals surface area contributed by atoms with Crippen molar-refractivity contribution < 1.29 is 23.9 Å². The highest BCUT2D eigenvalue weighted by molar-refractivity contribution is 6.08. The zero-order valence-electron chi connectivity index (χ0n) is 15.8. The molecule has 2 aliphatic rings. The summed E-state index contributed by atoms with van der Waals surface area (Å²) in [5.74, 6) is -1.39. The van der Waals surface area contributed by atoms with Crippen molar-refractivity contribution in [2.24, 2.45) is 10.9 Å². The molecule has 1 aromatic carbocycles. The summed E-state index contributed by atoms with van der Waals surface area (Å²) >= 11 is 0. The average molecular weight is 369 g/mol. The molecule has 1 aliphatic heterocycles. The fourth-order valence-corrected chi connectivity index (χ4v) is 3.81. The van der Waals surface area contributed by atoms with Crippen LogP contribution in [-0.4, -0.2) is 30.0 Å². The van der Waals surface area contributed by atoms with Crippen LogP contribution in [0.4, 0.5) is 0 Å². The van der Waals surface area contributed by atoms with Gasteiger partial charge < -0.3 is 9.47 Å². The fraction of sp³-hybridized carbons (Fsp3) is 0.429. The molecule has 1 unspecified atom stereocenters. The summed E-state index contributed by atoms with van der Waals surface area (Å²) in [6, 6.07) is 6.93. The third-order valence-electron chi connectivity index (χ3n) is 4.88. The maximum Gasteiger partial charge on any atom is 0.315 e. The van der Waals surface area contributed by atoms with Gasteiger partial charge in [-0.05, 0) is 44.4 Å². The average Bonchev–Trinajstić information content (AvgIpc) is 2.61. The van der Waals surface area contributed by atoms with Gasteiger partial charge in [0.25, 0.3) is 0 Å². The second kappa shape index (κ2) is 7.86. The Kier molecular flexibility index (Phi) is 5.54. The first kappa shape index (κ1) is 19.0. The van der Waals surface area contributed by atoms with Gasteiger partial charge in [0.15, 0.2) is 5.78 Å². The predicted molar refractivity (Wildman–Crippen MR) is 99.6 cm³/mol. The van der Waals surface area contributed by atoms with Crippen molar-refractivity contribution in [1.82, 2.24) is 0 Å². The van der Waals surface area contributed by atoms with E-state index in [0.29, 0.717) is 23.5 Å². The van der Waals surface area contributed by atoms with Crippen LogP contribution < -0.4 is 4.74 Å². The number of rotatable bonds is 4. The molecule has 0 aromatic heterocycles. The molecule has 0 fully saturated rings. The highest BCUT2D eigenvalue weighted by Crippen LogP contribution is 2.43. The second-order valence-corrected chi connectivity index (χ2v) is 6.76. The molecule has 3 rings (SSSR count). The molecule has 6 heteroatoms. The van der Waals surface area contributed by atoms with Gasteiger partial charge in [0.2, 0.25) is 0 Å². The number of carbonyl (C=O) groups excluding carboxylic acids is 3. The largest absolute Gasteiger partial charge is 0.465 e. The molecule has 0 N–H and O–H groups in total. The first-order chi connectivity index (χ1) is 12.9. The minimum Gasteiger partial charge on any atom is -0.465 e. The Balaban J connectivity index is 2.06. The van der Waals surface area contributed by atoms with Gasteiger partial charge in [-0.15, -0.1) is 0 Å². The van der Waals surface area contributed by atoms with Gasteiger partial charge in [-0.3, -0.25) is 19.4 Å². The molecule has 1 aromatic rings. The van der Waals surface area contributed by atoms with E-state index in [9.17, 15) is 14.4 Å². The zero-order chi connectivity index (χ0) is 19.6. The number of benzene rings is 1. The molecular weight excluding hydrogens is 346 g/mol. The number of ether oxygens (including phenoxy) is 2. The lowest BCUT2D eigenvalue weighted by molar-refractivity contribution is -0.146. The maximum absolute atomic E-state index is 12.7. The highest BCUT2D eigenvalue weighted by atomic mass is 16.5. The zero-order valence-corrected chi connectivity index (χ0v) is 15.8. The third kappa shape index (κ3) is 3.84. The number of hydrogen-bond acceptors (Lipinski definition) is 6. The smallest absolute Gasteiger partial charge is 0.315 e. The van der Waals surface area contributed by atoms with Gasteiger partial charge in [0, 0.05) is 36.2 Å². The van der Waals surface area contributed by atoms with E-state index in [-0.39, 0.29) is 18.4 Å². The summed E-state index contributed by atoms with van der Waals surface area (Å²) in [6.07, 6.45) is 1.97. The maximum atomic E-state index is 12.7. The van der Waals surface area contributed by atoms with Crippen LogP contribution in [0.15, 0.2) is 40.5 Å². The minimum absolute atomic E-state index is 0.0378. The molecule has 1 aliphatic carbocycles. The molecule has 0 spiro atoms. The van der Waals surface area contributed by atoms with E-state index in [1.54, 1.807) is 31.2 Å². The van der Waals surface area contributed by atoms with E-state index in [4.69, 9.17) is 9.47 Å². The Bertz CT molecular complexity index is 835. The Labute approximate surface area is 158 Å². The van der Waals surface area contributed by atoms with E-state index in [1.807, 2.05) is 6.92 Å². The second-order valence-electron chi connectivity index (χ2n) is 6.76. The van der Waals surface area contributed by atoms with Crippen molar-refractivity contribution in [1.29, 1.82) is 0 Å². The van der Waals surface area contributed by atoms with Crippen LogP contribution in [0.2, 0.25) is 0 Å². The Morgan fingerprint density at radius 3 is 2.52 bits per heavy atom. The van der Waals surface area contributed by atoms with Gasteiger partial charge in [-0.1, -0.05) is 12.1 Å². The number of esters is 2. The summed E-state index contributed by atoms with van der Waals surface area (Å²) in [4.78, 5) is 41.1. The van der Waals surface area contributed by atoms with Gasteiger partial charge in [-0.2, -0.15) is 0 Å². The number of allylic oxidation sites excluding steroid dienone is 2. The molecule has 0 radical (unpaired) electrons. The number of nitrogens with zero attached hydrogens (tertiary/aromatic N) is 1. The van der Waals surface area contributed by atoms with Crippen LogP contribution >= 0.6 is 0 Å². The normalized spacial score (nSPS) is 22.0. The summed E-state index contributed by atoms with van der Waals surface area (Å²) in [7, 11) is 0. The van der Waals surface area contributed by atoms with Crippen molar-refractivity contribution in [2.75, 3.05) is 6.61 Å². The van der Waals surface area contributed by atoms with Crippen LogP contribution in [0.1, 0.15) is 51.5 Å². The lowest BCUT2D eigenvalue weighted by Gasteiger charge is -2.34. The summed E-state index contributed by atoms with van der Waals surface area (Å²) in [5, 5.41) is 0. The molecule has 0 amide bonds. The number of ketones is 1. The number of carbonyl (C=O) groups is 3. The predicted octanol–water partition coefficient (Wildman–Crippen LogP) is 3.36. The molecule has 6 nitrogen and oxygen atoms in total. The molecule has 27 heavy (non-hydrogen) atoms. The van der Waals surface area contributed by atoms with Crippen molar-refractivity contribution in [3.8, 4) is 5.75 Å². The summed E-state index contributed by atoms with van der Waals surface area (Å²) in [6.45, 7) is 5.17. The van der Waals surface area contributed by atoms with E-state index in [2.05, 4.69) is 4.99 Å². The van der Waals surface area contributed by atoms with Crippen molar-refractivity contribution in [2.45, 2.75) is 46.0 Å². The third-order valence-corrected chi connectivity index (χ3v) is 4.88. The van der Waals surface area contributed by atoms with Crippen LogP contribution in [-0.2, 0) is 19.1 Å². The molecule has 0 saturated carbocycles. The van der Waals surface area contributed by atoms with Gasteiger partial charge in [-0.25, -0.2) is 0 Å². The first-order valence-corrected chi connectivity index (χ1v) is 9.18. The number of aliphatic imine (C=N–C) groups is 1. The fourth-order valence-electron chi connectivity index (χ4n) is 3.81.